The molecule has 0 saturated carbocycles. The molecule has 1 aromatic heterocycles. The SMILES string of the molecule is O=CC(=O)Oc1csc(Br)n1. The summed E-state index contributed by atoms with van der Waals surface area (Å²) in [6.07, 6.45) is 0.0905. The van der Waals surface area contributed by atoms with Crippen LogP contribution in [0.1, 0.15) is 0 Å². The van der Waals surface area contributed by atoms with Crippen molar-refractivity contribution >= 4 is 39.5 Å². The number of hydrogen-bond donors (Lipinski definition) is 0. The molecule has 0 aliphatic heterocycles. The lowest BCUT2D eigenvalue weighted by Crippen LogP contribution is -2.08. The number of ether oxygens (including phenoxy) is 1. The van der Waals surface area contributed by atoms with Gasteiger partial charge in [0.2, 0.25) is 12.2 Å². The van der Waals surface area contributed by atoms with Crippen LogP contribution in [0.4, 0.5) is 0 Å². The van der Waals surface area contributed by atoms with Crippen LogP contribution in [0.3, 0.4) is 0 Å². The summed E-state index contributed by atoms with van der Waals surface area (Å²) >= 11 is 4.34. The summed E-state index contributed by atoms with van der Waals surface area (Å²) in [4.78, 5) is 23.9. The quantitative estimate of drug-likeness (QED) is 0.436. The molecule has 0 unspecified atom stereocenters. The second kappa shape index (κ2) is 3.59. The zero-order valence-electron chi connectivity index (χ0n) is 5.11. The third-order valence-corrected chi connectivity index (χ3v) is 2.10. The summed E-state index contributed by atoms with van der Waals surface area (Å²) in [6.45, 7) is 0. The number of carbonyl (C=O) groups excluding carboxylic acids is 2. The topological polar surface area (TPSA) is 56.3 Å². The van der Waals surface area contributed by atoms with Gasteiger partial charge in [0.25, 0.3) is 0 Å². The van der Waals surface area contributed by atoms with Gasteiger partial charge in [-0.3, -0.25) is 4.79 Å². The molecule has 0 fully saturated rings. The molecule has 0 aliphatic rings. The molecule has 6 heteroatoms. The number of nitrogens with zero attached hydrogens (tertiary/aromatic N) is 1. The third-order valence-electron chi connectivity index (χ3n) is 0.756. The molecular weight excluding hydrogens is 234 g/mol. The fraction of sp³-hybridized carbons (Fsp3) is 0. The maximum absolute atomic E-state index is 10.3. The van der Waals surface area contributed by atoms with E-state index in [1.165, 1.54) is 16.7 Å². The van der Waals surface area contributed by atoms with E-state index in [-0.39, 0.29) is 12.2 Å². The van der Waals surface area contributed by atoms with Crippen LogP contribution in [0.25, 0.3) is 0 Å². The predicted octanol–water partition coefficient (Wildman–Crippen LogP) is 1.01. The van der Waals surface area contributed by atoms with Crippen molar-refractivity contribution < 1.29 is 14.3 Å². The number of rotatable bonds is 2. The van der Waals surface area contributed by atoms with Crippen molar-refractivity contribution in [3.8, 4) is 5.88 Å². The lowest BCUT2D eigenvalue weighted by Gasteiger charge is -1.90. The minimum Gasteiger partial charge on any atom is -0.401 e. The highest BCUT2D eigenvalue weighted by Gasteiger charge is 2.04. The average molecular weight is 236 g/mol. The summed E-state index contributed by atoms with van der Waals surface area (Å²) in [7, 11) is 0. The lowest BCUT2D eigenvalue weighted by molar-refractivity contribution is -0.141. The molecule has 0 saturated heterocycles. The Morgan fingerprint density at radius 1 is 1.82 bits per heavy atom. The van der Waals surface area contributed by atoms with E-state index >= 15 is 0 Å². The molecular formula is C5H2BrNO3S. The third kappa shape index (κ3) is 2.39. The molecule has 0 atom stereocenters. The summed E-state index contributed by atoms with van der Waals surface area (Å²) in [5.74, 6) is -0.804. The van der Waals surface area contributed by atoms with Crippen LogP contribution in [0.5, 0.6) is 5.88 Å². The first kappa shape index (κ1) is 8.35. The Balaban J connectivity index is 2.64. The van der Waals surface area contributed by atoms with Gasteiger partial charge < -0.3 is 4.74 Å². The molecule has 58 valence electrons. The van der Waals surface area contributed by atoms with E-state index in [4.69, 9.17) is 0 Å². The van der Waals surface area contributed by atoms with Gasteiger partial charge in [-0.15, -0.1) is 11.3 Å². The van der Waals surface area contributed by atoms with Crippen LogP contribution in [0.15, 0.2) is 9.30 Å². The van der Waals surface area contributed by atoms with Gasteiger partial charge in [0, 0.05) is 0 Å². The number of aromatic nitrogens is 1. The molecule has 1 rings (SSSR count). The van der Waals surface area contributed by atoms with Crippen molar-refractivity contribution in [1.29, 1.82) is 0 Å². The number of halogens is 1. The number of carbonyl (C=O) groups is 2. The van der Waals surface area contributed by atoms with Gasteiger partial charge in [0.1, 0.15) is 0 Å². The van der Waals surface area contributed by atoms with Gasteiger partial charge in [-0.2, -0.15) is 4.98 Å². The van der Waals surface area contributed by atoms with Crippen LogP contribution in [0.2, 0.25) is 0 Å². The van der Waals surface area contributed by atoms with E-state index in [9.17, 15) is 9.59 Å². The van der Waals surface area contributed by atoms with Crippen LogP contribution < -0.4 is 4.74 Å². The largest absolute Gasteiger partial charge is 0.401 e. The maximum Gasteiger partial charge on any atom is 0.378 e. The second-order valence-electron chi connectivity index (χ2n) is 1.48. The summed E-state index contributed by atoms with van der Waals surface area (Å²) in [5.41, 5.74) is 0. The molecule has 0 radical (unpaired) electrons. The van der Waals surface area contributed by atoms with E-state index in [0.29, 0.717) is 3.92 Å². The van der Waals surface area contributed by atoms with Gasteiger partial charge >= 0.3 is 5.97 Å². The van der Waals surface area contributed by atoms with Crippen LogP contribution in [-0.4, -0.2) is 17.2 Å². The molecule has 0 bridgehead atoms. The number of hydrogen-bond acceptors (Lipinski definition) is 5. The average Bonchev–Trinajstić information content (AvgIpc) is 2.35. The first-order valence-corrected chi connectivity index (χ1v) is 4.17. The highest BCUT2D eigenvalue weighted by atomic mass is 79.9. The van der Waals surface area contributed by atoms with Gasteiger partial charge in [0.05, 0.1) is 5.38 Å². The van der Waals surface area contributed by atoms with Gasteiger partial charge in [-0.05, 0) is 15.9 Å². The van der Waals surface area contributed by atoms with Crippen molar-refractivity contribution in [3.05, 3.63) is 9.30 Å². The normalized spacial score (nSPS) is 9.18. The van der Waals surface area contributed by atoms with Gasteiger partial charge in [-0.1, -0.05) is 0 Å². The second-order valence-corrected chi connectivity index (χ2v) is 3.61. The van der Waals surface area contributed by atoms with E-state index in [2.05, 4.69) is 25.7 Å². The number of aldehydes is 1. The van der Waals surface area contributed by atoms with Crippen LogP contribution >= 0.6 is 27.3 Å². The van der Waals surface area contributed by atoms with E-state index in [0.717, 1.165) is 0 Å². The molecule has 1 aromatic rings. The van der Waals surface area contributed by atoms with Crippen molar-refractivity contribution in [2.24, 2.45) is 0 Å². The first-order valence-electron chi connectivity index (χ1n) is 2.50. The van der Waals surface area contributed by atoms with Crippen molar-refractivity contribution in [1.82, 2.24) is 4.98 Å². The lowest BCUT2D eigenvalue weighted by atomic mass is 10.7. The summed E-state index contributed by atoms with van der Waals surface area (Å²) in [5, 5.41) is 1.52. The Kier molecular flexibility index (Phi) is 2.72. The minimum atomic E-state index is -0.942. The van der Waals surface area contributed by atoms with E-state index in [1.807, 2.05) is 0 Å². The van der Waals surface area contributed by atoms with E-state index < -0.39 is 5.97 Å². The number of esters is 1. The van der Waals surface area contributed by atoms with Crippen LogP contribution in [0, 0.1) is 0 Å². The Labute approximate surface area is 74.3 Å². The molecule has 0 aromatic carbocycles. The highest BCUT2D eigenvalue weighted by Crippen LogP contribution is 2.20. The van der Waals surface area contributed by atoms with Gasteiger partial charge in [0.15, 0.2) is 3.92 Å². The fourth-order valence-corrected chi connectivity index (χ4v) is 1.31. The maximum atomic E-state index is 10.3. The minimum absolute atomic E-state index is 0.0905. The molecule has 0 amide bonds. The number of thiazole rings is 1. The Bertz CT molecular complexity index is 285. The van der Waals surface area contributed by atoms with Crippen molar-refractivity contribution in [2.75, 3.05) is 0 Å². The molecule has 0 N–H and O–H groups in total. The Morgan fingerprint density at radius 2 is 2.55 bits per heavy atom. The Hall–Kier alpha value is -0.750. The smallest absolute Gasteiger partial charge is 0.378 e. The first-order chi connectivity index (χ1) is 5.22. The predicted molar refractivity (Wildman–Crippen MR) is 41.5 cm³/mol. The fourth-order valence-electron chi connectivity index (χ4n) is 0.412. The van der Waals surface area contributed by atoms with Gasteiger partial charge in [-0.25, -0.2) is 4.79 Å². The van der Waals surface area contributed by atoms with Crippen LogP contribution in [-0.2, 0) is 9.59 Å². The molecule has 4 nitrogen and oxygen atoms in total. The summed E-state index contributed by atoms with van der Waals surface area (Å²) in [6, 6.07) is 0. The monoisotopic (exact) mass is 235 g/mol. The highest BCUT2D eigenvalue weighted by molar-refractivity contribution is 9.11. The zero-order chi connectivity index (χ0) is 8.27. The molecule has 11 heavy (non-hydrogen) atoms. The molecule has 0 spiro atoms. The van der Waals surface area contributed by atoms with Crippen molar-refractivity contribution in [3.63, 3.8) is 0 Å². The van der Waals surface area contributed by atoms with E-state index in [1.54, 1.807) is 0 Å². The Morgan fingerprint density at radius 3 is 3.00 bits per heavy atom. The standard InChI is InChI=1S/C5H2BrNO3S/c6-5-7-3(2-11-5)10-4(9)1-8/h1-2H. The molecule has 1 heterocycles. The zero-order valence-corrected chi connectivity index (χ0v) is 7.52. The molecule has 0 aliphatic carbocycles. The summed E-state index contributed by atoms with van der Waals surface area (Å²) < 4.78 is 5.05. The van der Waals surface area contributed by atoms with Crippen molar-refractivity contribution in [2.45, 2.75) is 0 Å².